The molecule has 1 aliphatic rings. The van der Waals surface area contributed by atoms with Gasteiger partial charge in [0.15, 0.2) is 0 Å². The molecule has 4 heteroatoms. The van der Waals surface area contributed by atoms with E-state index in [1.54, 1.807) is 0 Å². The molecule has 1 saturated carbocycles. The average Bonchev–Trinajstić information content (AvgIpc) is 2.08. The number of carboxylic acid groups (broad SMARTS) is 1. The zero-order valence-electron chi connectivity index (χ0n) is 7.53. The van der Waals surface area contributed by atoms with Crippen molar-refractivity contribution in [2.75, 3.05) is 0 Å². The number of hydrogen-bond acceptors (Lipinski definition) is 2. The third-order valence-corrected chi connectivity index (χ3v) is 2.60. The molecular formula is C9H15NO3. The molecule has 1 rings (SSSR count). The standard InChI is InChI=1S/C9H15NO3/c11-6-5-7-1-3-8(4-2-7)10-9(12)13/h6-8,10H,1-5H2,(H,12,13). The molecule has 0 aromatic rings. The fourth-order valence-electron chi connectivity index (χ4n) is 1.85. The van der Waals surface area contributed by atoms with Crippen LogP contribution in [0.3, 0.4) is 0 Å². The monoisotopic (exact) mass is 185 g/mol. The minimum atomic E-state index is -0.946. The van der Waals surface area contributed by atoms with E-state index < -0.39 is 6.09 Å². The second kappa shape index (κ2) is 4.84. The maximum absolute atomic E-state index is 10.3. The van der Waals surface area contributed by atoms with Gasteiger partial charge >= 0.3 is 6.09 Å². The lowest BCUT2D eigenvalue weighted by Gasteiger charge is -2.26. The third kappa shape index (κ3) is 3.44. The van der Waals surface area contributed by atoms with E-state index in [1.807, 2.05) is 0 Å². The van der Waals surface area contributed by atoms with Crippen molar-refractivity contribution in [2.24, 2.45) is 5.92 Å². The van der Waals surface area contributed by atoms with Crippen LogP contribution in [0.4, 0.5) is 4.79 Å². The zero-order chi connectivity index (χ0) is 9.68. The van der Waals surface area contributed by atoms with Gasteiger partial charge in [0.05, 0.1) is 0 Å². The van der Waals surface area contributed by atoms with E-state index in [2.05, 4.69) is 5.32 Å². The summed E-state index contributed by atoms with van der Waals surface area (Å²) in [5, 5.41) is 10.9. The maximum atomic E-state index is 10.3. The SMILES string of the molecule is O=CCC1CCC(NC(=O)O)CC1. The molecule has 0 aliphatic heterocycles. The predicted octanol–water partition coefficient (Wildman–Crippen LogP) is 1.40. The molecule has 1 amide bonds. The molecule has 2 N–H and O–H groups in total. The Labute approximate surface area is 77.3 Å². The van der Waals surface area contributed by atoms with E-state index in [-0.39, 0.29) is 6.04 Å². The van der Waals surface area contributed by atoms with E-state index in [4.69, 9.17) is 5.11 Å². The Morgan fingerprint density at radius 2 is 2.00 bits per heavy atom. The Hall–Kier alpha value is -1.06. The van der Waals surface area contributed by atoms with E-state index in [9.17, 15) is 9.59 Å². The summed E-state index contributed by atoms with van der Waals surface area (Å²) in [6.45, 7) is 0. The van der Waals surface area contributed by atoms with Crippen molar-refractivity contribution < 1.29 is 14.7 Å². The third-order valence-electron chi connectivity index (χ3n) is 2.60. The summed E-state index contributed by atoms with van der Waals surface area (Å²) in [5.74, 6) is 0.476. The summed E-state index contributed by atoms with van der Waals surface area (Å²) in [4.78, 5) is 20.5. The first kappa shape index (κ1) is 10.0. The van der Waals surface area contributed by atoms with Crippen molar-refractivity contribution in [3.8, 4) is 0 Å². The number of hydrogen-bond donors (Lipinski definition) is 2. The summed E-state index contributed by atoms with van der Waals surface area (Å²) in [6.07, 6.45) is 4.29. The van der Waals surface area contributed by atoms with Crippen LogP contribution in [0.1, 0.15) is 32.1 Å². The van der Waals surface area contributed by atoms with Crippen LogP contribution in [0.25, 0.3) is 0 Å². The molecule has 0 saturated heterocycles. The lowest BCUT2D eigenvalue weighted by atomic mass is 9.84. The Morgan fingerprint density at radius 3 is 2.46 bits per heavy atom. The molecule has 0 atom stereocenters. The number of carbonyl (C=O) groups is 2. The topological polar surface area (TPSA) is 66.4 Å². The van der Waals surface area contributed by atoms with Gasteiger partial charge in [-0.25, -0.2) is 4.79 Å². The fraction of sp³-hybridized carbons (Fsp3) is 0.778. The molecule has 0 aromatic heterocycles. The second-order valence-corrected chi connectivity index (χ2v) is 3.57. The number of amides is 1. The maximum Gasteiger partial charge on any atom is 0.404 e. The summed E-state index contributed by atoms with van der Waals surface area (Å²) >= 11 is 0. The van der Waals surface area contributed by atoms with E-state index >= 15 is 0 Å². The summed E-state index contributed by atoms with van der Waals surface area (Å²) in [5.41, 5.74) is 0. The van der Waals surface area contributed by atoms with Crippen LogP contribution in [-0.4, -0.2) is 23.5 Å². The number of nitrogens with one attached hydrogen (secondary N) is 1. The molecule has 0 aromatic carbocycles. The molecule has 0 spiro atoms. The highest BCUT2D eigenvalue weighted by atomic mass is 16.4. The highest BCUT2D eigenvalue weighted by Crippen LogP contribution is 2.25. The van der Waals surface area contributed by atoms with Crippen LogP contribution >= 0.6 is 0 Å². The molecule has 0 unspecified atom stereocenters. The first-order valence-corrected chi connectivity index (χ1v) is 4.65. The lowest BCUT2D eigenvalue weighted by Crippen LogP contribution is -2.36. The minimum absolute atomic E-state index is 0.0976. The molecule has 4 nitrogen and oxygen atoms in total. The normalized spacial score (nSPS) is 28.0. The average molecular weight is 185 g/mol. The number of aldehydes is 1. The minimum Gasteiger partial charge on any atom is -0.465 e. The van der Waals surface area contributed by atoms with Gasteiger partial charge in [0.2, 0.25) is 0 Å². The van der Waals surface area contributed by atoms with Gasteiger partial charge in [0, 0.05) is 12.5 Å². The van der Waals surface area contributed by atoms with Crippen LogP contribution in [-0.2, 0) is 4.79 Å². The van der Waals surface area contributed by atoms with Gasteiger partial charge in [0.1, 0.15) is 6.29 Å². The second-order valence-electron chi connectivity index (χ2n) is 3.57. The van der Waals surface area contributed by atoms with E-state index in [1.165, 1.54) is 0 Å². The summed E-state index contributed by atoms with van der Waals surface area (Å²) in [7, 11) is 0. The Morgan fingerprint density at radius 1 is 1.38 bits per heavy atom. The van der Waals surface area contributed by atoms with Crippen LogP contribution in [0.15, 0.2) is 0 Å². The molecule has 74 valence electrons. The van der Waals surface area contributed by atoms with Crippen molar-refractivity contribution >= 4 is 12.4 Å². The van der Waals surface area contributed by atoms with Gasteiger partial charge in [-0.15, -0.1) is 0 Å². The Balaban J connectivity index is 2.22. The van der Waals surface area contributed by atoms with Crippen molar-refractivity contribution in [3.05, 3.63) is 0 Å². The zero-order valence-corrected chi connectivity index (χ0v) is 7.53. The highest BCUT2D eigenvalue weighted by Gasteiger charge is 2.21. The molecule has 0 heterocycles. The smallest absolute Gasteiger partial charge is 0.404 e. The van der Waals surface area contributed by atoms with Gasteiger partial charge < -0.3 is 15.2 Å². The van der Waals surface area contributed by atoms with Gasteiger partial charge in [-0.1, -0.05) is 0 Å². The van der Waals surface area contributed by atoms with Gasteiger partial charge in [-0.3, -0.25) is 0 Å². The molecular weight excluding hydrogens is 170 g/mol. The van der Waals surface area contributed by atoms with Crippen LogP contribution in [0, 0.1) is 5.92 Å². The molecule has 13 heavy (non-hydrogen) atoms. The quantitative estimate of drug-likeness (QED) is 0.653. The Bertz CT molecular complexity index is 185. The molecule has 1 aliphatic carbocycles. The summed E-state index contributed by atoms with van der Waals surface area (Å²) in [6, 6.07) is 0.0976. The molecule has 0 radical (unpaired) electrons. The van der Waals surface area contributed by atoms with Crippen LogP contribution in [0.2, 0.25) is 0 Å². The number of carbonyl (C=O) groups excluding carboxylic acids is 1. The predicted molar refractivity (Wildman–Crippen MR) is 47.6 cm³/mol. The van der Waals surface area contributed by atoms with Crippen molar-refractivity contribution in [3.63, 3.8) is 0 Å². The first-order valence-electron chi connectivity index (χ1n) is 4.65. The van der Waals surface area contributed by atoms with Gasteiger partial charge in [0.25, 0.3) is 0 Å². The largest absolute Gasteiger partial charge is 0.465 e. The highest BCUT2D eigenvalue weighted by molar-refractivity contribution is 5.64. The van der Waals surface area contributed by atoms with Crippen molar-refractivity contribution in [1.82, 2.24) is 5.32 Å². The van der Waals surface area contributed by atoms with E-state index in [0.717, 1.165) is 32.0 Å². The van der Waals surface area contributed by atoms with Gasteiger partial charge in [-0.2, -0.15) is 0 Å². The van der Waals surface area contributed by atoms with E-state index in [0.29, 0.717) is 12.3 Å². The molecule has 0 bridgehead atoms. The fourth-order valence-corrected chi connectivity index (χ4v) is 1.85. The number of rotatable bonds is 3. The van der Waals surface area contributed by atoms with Crippen molar-refractivity contribution in [2.45, 2.75) is 38.1 Å². The lowest BCUT2D eigenvalue weighted by molar-refractivity contribution is -0.108. The summed E-state index contributed by atoms with van der Waals surface area (Å²) < 4.78 is 0. The van der Waals surface area contributed by atoms with Gasteiger partial charge in [-0.05, 0) is 31.6 Å². The van der Waals surface area contributed by atoms with Crippen LogP contribution in [0.5, 0.6) is 0 Å². The Kier molecular flexibility index (Phi) is 3.73. The first-order chi connectivity index (χ1) is 6.22. The van der Waals surface area contributed by atoms with Crippen molar-refractivity contribution in [1.29, 1.82) is 0 Å². The van der Waals surface area contributed by atoms with Crippen LogP contribution < -0.4 is 5.32 Å². The molecule has 1 fully saturated rings.